The molecule has 0 saturated heterocycles. The number of rotatable bonds is 2. The zero-order chi connectivity index (χ0) is 7.40. The standard InChI is InChI=1S/C9H12N.2HI.Sb/c1-10(2)8-9-6-4-3-5-7-9;;;/h3-6H,8H2,1-2H3;2*1H;/p-2. The van der Waals surface area contributed by atoms with E-state index in [1.165, 1.54) is 5.56 Å². The van der Waals surface area contributed by atoms with Crippen LogP contribution in [0.15, 0.2) is 24.3 Å². The Kier molecular flexibility index (Phi) is 17.7. The molecule has 0 fully saturated rings. The number of hydrogen-bond donors (Lipinski definition) is 0. The van der Waals surface area contributed by atoms with Gasteiger partial charge in [0.2, 0.25) is 0 Å². The van der Waals surface area contributed by atoms with Crippen molar-refractivity contribution in [3.8, 4) is 0 Å². The third-order valence-corrected chi connectivity index (χ3v) is 1.26. The second-order valence-electron chi connectivity index (χ2n) is 2.63. The van der Waals surface area contributed by atoms with Gasteiger partial charge in [0, 0.05) is 31.0 Å². The first-order valence-electron chi connectivity index (χ1n) is 3.39. The van der Waals surface area contributed by atoms with Gasteiger partial charge in [0.15, 0.2) is 0 Å². The molecule has 13 heavy (non-hydrogen) atoms. The van der Waals surface area contributed by atoms with E-state index in [-0.39, 0.29) is 72.4 Å². The van der Waals surface area contributed by atoms with Gasteiger partial charge in [-0.2, -0.15) is 0 Å². The van der Waals surface area contributed by atoms with Gasteiger partial charge in [0.1, 0.15) is 0 Å². The third-order valence-electron chi connectivity index (χ3n) is 1.26. The molecule has 1 aromatic rings. The van der Waals surface area contributed by atoms with Gasteiger partial charge in [-0.25, -0.2) is 0 Å². The monoisotopic (exact) mass is 509 g/mol. The number of benzene rings is 1. The Morgan fingerprint density at radius 1 is 1.23 bits per heavy atom. The van der Waals surface area contributed by atoms with Crippen LogP contribution in [0.5, 0.6) is 0 Å². The minimum absolute atomic E-state index is 0. The van der Waals surface area contributed by atoms with Crippen LogP contribution in [0.4, 0.5) is 0 Å². The molecule has 4 heteroatoms. The van der Waals surface area contributed by atoms with Gasteiger partial charge >= 0.3 is 0 Å². The molecule has 1 aromatic carbocycles. The van der Waals surface area contributed by atoms with Crippen molar-refractivity contribution in [2.45, 2.75) is 6.54 Å². The fraction of sp³-hybridized carbons (Fsp3) is 0.333. The molecule has 0 saturated carbocycles. The van der Waals surface area contributed by atoms with E-state index in [1.54, 1.807) is 0 Å². The van der Waals surface area contributed by atoms with E-state index in [9.17, 15) is 0 Å². The second-order valence-corrected chi connectivity index (χ2v) is 2.63. The summed E-state index contributed by atoms with van der Waals surface area (Å²) >= 11 is 0. The van der Waals surface area contributed by atoms with Crippen molar-refractivity contribution >= 4 is 24.4 Å². The summed E-state index contributed by atoms with van der Waals surface area (Å²) in [6, 6.07) is 11.2. The van der Waals surface area contributed by atoms with Crippen LogP contribution >= 0.6 is 0 Å². The minimum Gasteiger partial charge on any atom is -1.00 e. The molecule has 0 unspecified atom stereocenters. The second kappa shape index (κ2) is 11.5. The summed E-state index contributed by atoms with van der Waals surface area (Å²) < 4.78 is 0. The Morgan fingerprint density at radius 2 is 1.85 bits per heavy atom. The summed E-state index contributed by atoms with van der Waals surface area (Å²) in [7, 11) is 4.11. The molecule has 0 aliphatic heterocycles. The van der Waals surface area contributed by atoms with Gasteiger partial charge < -0.3 is 52.9 Å². The smallest absolute Gasteiger partial charge is 0.0233 e. The summed E-state index contributed by atoms with van der Waals surface area (Å²) in [4.78, 5) is 2.13. The predicted molar refractivity (Wildman–Crippen MR) is 48.4 cm³/mol. The molecular weight excluding hydrogens is 498 g/mol. The zero-order valence-electron chi connectivity index (χ0n) is 7.67. The first-order valence-corrected chi connectivity index (χ1v) is 3.39. The maximum absolute atomic E-state index is 3.16. The molecule has 0 heterocycles. The molecule has 74 valence electrons. The average molecular weight is 510 g/mol. The number of hydrogen-bond acceptors (Lipinski definition) is 1. The van der Waals surface area contributed by atoms with E-state index in [2.05, 4.69) is 31.1 Å². The fourth-order valence-electron chi connectivity index (χ4n) is 0.870. The molecular formula is C9H12I2NSb-2. The van der Waals surface area contributed by atoms with Gasteiger partial charge in [0.25, 0.3) is 0 Å². The Morgan fingerprint density at radius 3 is 2.23 bits per heavy atom. The molecule has 0 bridgehead atoms. The summed E-state index contributed by atoms with van der Waals surface area (Å²) in [5.41, 5.74) is 1.24. The third kappa shape index (κ3) is 9.76. The SMILES string of the molecule is CN(C)Cc1[c]cccc1.[I-].[I-].[Sb]. The van der Waals surface area contributed by atoms with Crippen LogP contribution in [0, 0.1) is 6.07 Å². The van der Waals surface area contributed by atoms with Gasteiger partial charge in [0.05, 0.1) is 0 Å². The molecule has 0 aliphatic carbocycles. The van der Waals surface area contributed by atoms with E-state index in [0.29, 0.717) is 0 Å². The first-order chi connectivity index (χ1) is 4.79. The van der Waals surface area contributed by atoms with E-state index in [1.807, 2.05) is 18.2 Å². The molecule has 0 N–H and O–H groups in total. The van der Waals surface area contributed by atoms with Crippen LogP contribution < -0.4 is 48.0 Å². The number of nitrogens with zero attached hydrogens (tertiary/aromatic N) is 1. The van der Waals surface area contributed by atoms with Crippen molar-refractivity contribution < 1.29 is 48.0 Å². The normalized spacial score (nSPS) is 7.92. The molecule has 0 aliphatic rings. The molecule has 4 radical (unpaired) electrons. The average Bonchev–Trinajstić information content (AvgIpc) is 1.88. The van der Waals surface area contributed by atoms with Crippen molar-refractivity contribution in [1.29, 1.82) is 0 Å². The molecule has 0 amide bonds. The Bertz CT molecular complexity index is 192. The zero-order valence-corrected chi connectivity index (χ0v) is 14.5. The van der Waals surface area contributed by atoms with Crippen LogP contribution in [0.25, 0.3) is 0 Å². The molecule has 0 aromatic heterocycles. The van der Waals surface area contributed by atoms with Gasteiger partial charge in [-0.1, -0.05) is 24.3 Å². The van der Waals surface area contributed by atoms with Crippen molar-refractivity contribution in [2.75, 3.05) is 14.1 Å². The van der Waals surface area contributed by atoms with Gasteiger partial charge in [-0.15, -0.1) is 0 Å². The van der Waals surface area contributed by atoms with Crippen molar-refractivity contribution in [3.05, 3.63) is 35.9 Å². The van der Waals surface area contributed by atoms with Crippen LogP contribution in [-0.2, 0) is 6.54 Å². The summed E-state index contributed by atoms with van der Waals surface area (Å²) in [5, 5.41) is 0. The van der Waals surface area contributed by atoms with Crippen molar-refractivity contribution in [1.82, 2.24) is 4.90 Å². The van der Waals surface area contributed by atoms with Crippen LogP contribution in [0.3, 0.4) is 0 Å². The first kappa shape index (κ1) is 19.9. The quantitative estimate of drug-likeness (QED) is 0.286. The summed E-state index contributed by atoms with van der Waals surface area (Å²) in [6.07, 6.45) is 0. The Balaban J connectivity index is -0.000000333. The maximum atomic E-state index is 3.16. The van der Waals surface area contributed by atoms with Crippen molar-refractivity contribution in [3.63, 3.8) is 0 Å². The number of halogens is 2. The summed E-state index contributed by atoms with van der Waals surface area (Å²) in [6.45, 7) is 0.973. The van der Waals surface area contributed by atoms with Crippen LogP contribution in [0.2, 0.25) is 0 Å². The Labute approximate surface area is 132 Å². The fourth-order valence-corrected chi connectivity index (χ4v) is 0.870. The van der Waals surface area contributed by atoms with E-state index in [4.69, 9.17) is 0 Å². The van der Waals surface area contributed by atoms with E-state index in [0.717, 1.165) is 6.54 Å². The van der Waals surface area contributed by atoms with Crippen LogP contribution in [-0.4, -0.2) is 43.4 Å². The molecule has 1 rings (SSSR count). The van der Waals surface area contributed by atoms with Crippen molar-refractivity contribution in [2.24, 2.45) is 0 Å². The molecule has 0 spiro atoms. The maximum Gasteiger partial charge on any atom is 0.0233 e. The van der Waals surface area contributed by atoms with Gasteiger partial charge in [-0.3, -0.25) is 0 Å². The molecule has 0 atom stereocenters. The minimum atomic E-state index is 0. The Hall–Kier alpha value is 1.46. The van der Waals surface area contributed by atoms with E-state index >= 15 is 0 Å². The van der Waals surface area contributed by atoms with Gasteiger partial charge in [-0.05, 0) is 25.7 Å². The van der Waals surface area contributed by atoms with E-state index < -0.39 is 0 Å². The summed E-state index contributed by atoms with van der Waals surface area (Å²) in [5.74, 6) is 0. The predicted octanol–water partition coefficient (Wildman–Crippen LogP) is -4.82. The van der Waals surface area contributed by atoms with Crippen LogP contribution in [0.1, 0.15) is 5.56 Å². The topological polar surface area (TPSA) is 3.24 Å². The largest absolute Gasteiger partial charge is 1.00 e. The molecule has 1 nitrogen and oxygen atoms in total.